The normalized spacial score (nSPS) is 10.4. The zero-order valence-corrected chi connectivity index (χ0v) is 11.5. The van der Waals surface area contributed by atoms with Crippen LogP contribution in [0.1, 0.15) is 21.5 Å². The molecule has 0 fully saturated rings. The summed E-state index contributed by atoms with van der Waals surface area (Å²) in [7, 11) is 1.59. The number of aryl methyl sites for hydroxylation is 2. The third-order valence-electron chi connectivity index (χ3n) is 3.19. The van der Waals surface area contributed by atoms with Crippen molar-refractivity contribution in [3.63, 3.8) is 0 Å². The molecule has 2 aromatic rings. The summed E-state index contributed by atoms with van der Waals surface area (Å²) in [6.45, 7) is 3.78. The first-order valence-electron chi connectivity index (χ1n) is 6.12. The largest absolute Gasteiger partial charge is 0.496 e. The molecule has 20 heavy (non-hydrogen) atoms. The minimum absolute atomic E-state index is 0.0473. The van der Waals surface area contributed by atoms with Gasteiger partial charge in [-0.3, -0.25) is 0 Å². The summed E-state index contributed by atoms with van der Waals surface area (Å²) in [5.74, 6) is -0.938. The Hall–Kier alpha value is -2.36. The van der Waals surface area contributed by atoms with Gasteiger partial charge in [-0.2, -0.15) is 0 Å². The molecule has 3 nitrogen and oxygen atoms in total. The van der Waals surface area contributed by atoms with Crippen LogP contribution in [-0.2, 0) is 0 Å². The molecule has 0 aromatic heterocycles. The SMILES string of the molecule is COc1c(C)cc(-c2ccc(F)cc2C(=O)O)cc1C. The summed E-state index contributed by atoms with van der Waals surface area (Å²) in [6.07, 6.45) is 0. The molecule has 104 valence electrons. The van der Waals surface area contributed by atoms with Crippen LogP contribution in [0.15, 0.2) is 30.3 Å². The molecule has 0 unspecified atom stereocenters. The van der Waals surface area contributed by atoms with Crippen molar-refractivity contribution in [3.8, 4) is 16.9 Å². The van der Waals surface area contributed by atoms with Gasteiger partial charge >= 0.3 is 5.97 Å². The summed E-state index contributed by atoms with van der Waals surface area (Å²) in [5, 5.41) is 9.20. The van der Waals surface area contributed by atoms with Crippen LogP contribution in [-0.4, -0.2) is 18.2 Å². The smallest absolute Gasteiger partial charge is 0.336 e. The zero-order valence-electron chi connectivity index (χ0n) is 11.5. The maximum Gasteiger partial charge on any atom is 0.336 e. The Morgan fingerprint density at radius 1 is 1.15 bits per heavy atom. The number of carboxylic acid groups (broad SMARTS) is 1. The Morgan fingerprint density at radius 2 is 1.75 bits per heavy atom. The number of hydrogen-bond donors (Lipinski definition) is 1. The number of rotatable bonds is 3. The Morgan fingerprint density at radius 3 is 2.25 bits per heavy atom. The molecule has 0 radical (unpaired) electrons. The lowest BCUT2D eigenvalue weighted by Gasteiger charge is -2.13. The Bertz CT molecular complexity index is 654. The van der Waals surface area contributed by atoms with Gasteiger partial charge in [0.2, 0.25) is 0 Å². The van der Waals surface area contributed by atoms with Crippen molar-refractivity contribution >= 4 is 5.97 Å². The first-order valence-corrected chi connectivity index (χ1v) is 6.12. The van der Waals surface area contributed by atoms with Crippen molar-refractivity contribution in [1.82, 2.24) is 0 Å². The van der Waals surface area contributed by atoms with Gasteiger partial charge < -0.3 is 9.84 Å². The number of aromatic carboxylic acids is 1. The number of ether oxygens (including phenoxy) is 1. The molecule has 0 saturated carbocycles. The molecule has 0 aliphatic carbocycles. The number of benzene rings is 2. The van der Waals surface area contributed by atoms with Crippen molar-refractivity contribution in [3.05, 3.63) is 52.8 Å². The summed E-state index contributed by atoms with van der Waals surface area (Å²) in [6, 6.07) is 7.46. The average molecular weight is 274 g/mol. The van der Waals surface area contributed by atoms with Crippen LogP contribution >= 0.6 is 0 Å². The van der Waals surface area contributed by atoms with E-state index < -0.39 is 11.8 Å². The van der Waals surface area contributed by atoms with E-state index in [4.69, 9.17) is 4.74 Å². The van der Waals surface area contributed by atoms with Crippen LogP contribution in [0.25, 0.3) is 11.1 Å². The number of methoxy groups -OCH3 is 1. The topological polar surface area (TPSA) is 46.5 Å². The minimum Gasteiger partial charge on any atom is -0.496 e. The van der Waals surface area contributed by atoms with Crippen molar-refractivity contribution < 1.29 is 19.0 Å². The molecule has 1 N–H and O–H groups in total. The number of hydrogen-bond acceptors (Lipinski definition) is 2. The summed E-state index contributed by atoms with van der Waals surface area (Å²) < 4.78 is 18.5. The predicted octanol–water partition coefficient (Wildman–Crippen LogP) is 3.82. The van der Waals surface area contributed by atoms with Gasteiger partial charge in [0.25, 0.3) is 0 Å². The van der Waals surface area contributed by atoms with Gasteiger partial charge in [0, 0.05) is 0 Å². The lowest BCUT2D eigenvalue weighted by Crippen LogP contribution is -2.01. The third-order valence-corrected chi connectivity index (χ3v) is 3.19. The van der Waals surface area contributed by atoms with Crippen molar-refractivity contribution in [2.24, 2.45) is 0 Å². The van der Waals surface area contributed by atoms with Gasteiger partial charge in [0.15, 0.2) is 0 Å². The van der Waals surface area contributed by atoms with E-state index in [9.17, 15) is 14.3 Å². The third kappa shape index (κ3) is 2.50. The molecule has 0 atom stereocenters. The van der Waals surface area contributed by atoms with Crippen molar-refractivity contribution in [2.75, 3.05) is 7.11 Å². The van der Waals surface area contributed by atoms with Crippen LogP contribution in [0.3, 0.4) is 0 Å². The second-order valence-corrected chi connectivity index (χ2v) is 4.64. The van der Waals surface area contributed by atoms with Gasteiger partial charge in [-0.25, -0.2) is 9.18 Å². The second kappa shape index (κ2) is 5.33. The number of carboxylic acids is 1. The molecule has 0 heterocycles. The summed E-state index contributed by atoms with van der Waals surface area (Å²) in [5.41, 5.74) is 2.99. The highest BCUT2D eigenvalue weighted by Gasteiger charge is 2.15. The molecule has 0 spiro atoms. The van der Waals surface area contributed by atoms with Crippen molar-refractivity contribution in [2.45, 2.75) is 13.8 Å². The molecule has 2 rings (SSSR count). The monoisotopic (exact) mass is 274 g/mol. The van der Waals surface area contributed by atoms with E-state index in [-0.39, 0.29) is 5.56 Å². The van der Waals surface area contributed by atoms with E-state index in [1.54, 1.807) is 7.11 Å². The fourth-order valence-electron chi connectivity index (χ4n) is 2.37. The highest BCUT2D eigenvalue weighted by Crippen LogP contribution is 2.32. The van der Waals surface area contributed by atoms with E-state index in [0.717, 1.165) is 28.5 Å². The van der Waals surface area contributed by atoms with Crippen molar-refractivity contribution in [1.29, 1.82) is 0 Å². The molecule has 0 aliphatic rings. The van der Waals surface area contributed by atoms with Gasteiger partial charge in [0.1, 0.15) is 11.6 Å². The molecule has 0 aliphatic heterocycles. The van der Waals surface area contributed by atoms with Gasteiger partial charge in [-0.15, -0.1) is 0 Å². The summed E-state index contributed by atoms with van der Waals surface area (Å²) in [4.78, 5) is 11.2. The van der Waals surface area contributed by atoms with Crippen LogP contribution in [0.4, 0.5) is 4.39 Å². The minimum atomic E-state index is -1.15. The number of halogens is 1. The first-order chi connectivity index (χ1) is 9.43. The van der Waals surface area contributed by atoms with Gasteiger partial charge in [0.05, 0.1) is 12.7 Å². The van der Waals surface area contributed by atoms with E-state index in [0.29, 0.717) is 5.56 Å². The average Bonchev–Trinajstić information content (AvgIpc) is 2.38. The predicted molar refractivity (Wildman–Crippen MR) is 74.8 cm³/mol. The highest BCUT2D eigenvalue weighted by molar-refractivity contribution is 5.96. The second-order valence-electron chi connectivity index (χ2n) is 4.64. The maximum absolute atomic E-state index is 13.2. The molecule has 0 saturated heterocycles. The van der Waals surface area contributed by atoms with Crippen LogP contribution in [0.2, 0.25) is 0 Å². The zero-order chi connectivity index (χ0) is 14.9. The highest BCUT2D eigenvalue weighted by atomic mass is 19.1. The number of carbonyl (C=O) groups is 1. The molecule has 0 amide bonds. The Balaban J connectivity index is 2.66. The van der Waals surface area contributed by atoms with Gasteiger partial charge in [-0.1, -0.05) is 6.07 Å². The Kier molecular flexibility index (Phi) is 3.74. The molecule has 2 aromatic carbocycles. The lowest BCUT2D eigenvalue weighted by molar-refractivity contribution is 0.0697. The van der Waals surface area contributed by atoms with E-state index in [2.05, 4.69) is 0 Å². The molecule has 4 heteroatoms. The van der Waals surface area contributed by atoms with Gasteiger partial charge in [-0.05, 0) is 60.4 Å². The quantitative estimate of drug-likeness (QED) is 0.925. The lowest BCUT2D eigenvalue weighted by atomic mass is 9.96. The first kappa shape index (κ1) is 14.1. The van der Waals surface area contributed by atoms with E-state index in [1.165, 1.54) is 12.1 Å². The standard InChI is InChI=1S/C16H15FO3/c1-9-6-11(7-10(2)15(9)20-3)13-5-4-12(17)8-14(13)16(18)19/h4-8H,1-3H3,(H,18,19). The molecular weight excluding hydrogens is 259 g/mol. The maximum atomic E-state index is 13.2. The van der Waals surface area contributed by atoms with Crippen LogP contribution in [0, 0.1) is 19.7 Å². The van der Waals surface area contributed by atoms with E-state index in [1.807, 2.05) is 26.0 Å². The molecular formula is C16H15FO3. The van der Waals surface area contributed by atoms with Crippen LogP contribution in [0.5, 0.6) is 5.75 Å². The fraction of sp³-hybridized carbons (Fsp3) is 0.188. The fourth-order valence-corrected chi connectivity index (χ4v) is 2.37. The summed E-state index contributed by atoms with van der Waals surface area (Å²) >= 11 is 0. The van der Waals surface area contributed by atoms with Crippen LogP contribution < -0.4 is 4.74 Å². The van der Waals surface area contributed by atoms with E-state index >= 15 is 0 Å². The Labute approximate surface area is 116 Å². The molecule has 0 bridgehead atoms.